The van der Waals surface area contributed by atoms with Crippen LogP contribution in [0.25, 0.3) is 72.8 Å². The van der Waals surface area contributed by atoms with Crippen LogP contribution < -0.4 is 0 Å². The van der Waals surface area contributed by atoms with Crippen LogP contribution in [0.1, 0.15) is 25.0 Å². The van der Waals surface area contributed by atoms with Crippen LogP contribution in [0.3, 0.4) is 0 Å². The first-order valence-electron chi connectivity index (χ1n) is 16.3. The lowest BCUT2D eigenvalue weighted by Gasteiger charge is -2.15. The van der Waals surface area contributed by atoms with E-state index in [0.29, 0.717) is 17.5 Å². The third-order valence-corrected chi connectivity index (χ3v) is 9.03. The van der Waals surface area contributed by atoms with Crippen molar-refractivity contribution in [2.45, 2.75) is 26.7 Å². The number of nitrogens with zero attached hydrogens (tertiary/aromatic N) is 4. The lowest BCUT2D eigenvalue weighted by Crippen LogP contribution is -2.01. The smallest absolute Gasteiger partial charge is 0.164 e. The molecule has 0 amide bonds. The number of hydrogen-bond acceptors (Lipinski definition) is 3. The van der Waals surface area contributed by atoms with Gasteiger partial charge < -0.3 is 4.57 Å². The topological polar surface area (TPSA) is 43.6 Å². The summed E-state index contributed by atoms with van der Waals surface area (Å²) < 4.78 is 2.39. The van der Waals surface area contributed by atoms with Crippen molar-refractivity contribution in [2.75, 3.05) is 0 Å². The summed E-state index contributed by atoms with van der Waals surface area (Å²) in [6, 6.07) is 51.2. The van der Waals surface area contributed by atoms with E-state index in [-0.39, 0.29) is 0 Å². The fourth-order valence-electron chi connectivity index (χ4n) is 6.69. The molecule has 0 unspecified atom stereocenters. The lowest BCUT2D eigenvalue weighted by atomic mass is 9.91. The van der Waals surface area contributed by atoms with E-state index in [2.05, 4.69) is 103 Å². The zero-order chi connectivity index (χ0) is 31.7. The van der Waals surface area contributed by atoms with Crippen LogP contribution in [0.4, 0.5) is 0 Å². The molecule has 0 spiro atoms. The summed E-state index contributed by atoms with van der Waals surface area (Å²) in [5.41, 5.74) is 11.7. The number of aromatic nitrogens is 4. The molecule has 4 heteroatoms. The fourth-order valence-corrected chi connectivity index (χ4v) is 6.69. The first kappa shape index (κ1) is 28.6. The van der Waals surface area contributed by atoms with Crippen LogP contribution in [-0.4, -0.2) is 19.5 Å². The van der Waals surface area contributed by atoms with Gasteiger partial charge in [0, 0.05) is 33.2 Å². The van der Waals surface area contributed by atoms with E-state index in [0.717, 1.165) is 35.2 Å². The molecule has 0 saturated heterocycles. The van der Waals surface area contributed by atoms with Crippen molar-refractivity contribution in [3.8, 4) is 51.0 Å². The molecule has 2 heterocycles. The van der Waals surface area contributed by atoms with Crippen LogP contribution in [0, 0.1) is 0 Å². The van der Waals surface area contributed by atoms with Gasteiger partial charge in [-0.1, -0.05) is 129 Å². The minimum absolute atomic E-state index is 0.646. The molecule has 226 valence electrons. The quantitative estimate of drug-likeness (QED) is 0.181. The Kier molecular flexibility index (Phi) is 7.39. The molecule has 0 fully saturated rings. The molecular formula is C43H34N4. The summed E-state index contributed by atoms with van der Waals surface area (Å²) in [5.74, 6) is 1.96. The number of aryl methyl sites for hydroxylation is 2. The van der Waals surface area contributed by atoms with Gasteiger partial charge >= 0.3 is 0 Å². The van der Waals surface area contributed by atoms with Crippen LogP contribution in [0.5, 0.6) is 0 Å². The van der Waals surface area contributed by atoms with Crippen LogP contribution >= 0.6 is 0 Å². The summed E-state index contributed by atoms with van der Waals surface area (Å²) in [6.45, 7) is 4.49. The van der Waals surface area contributed by atoms with Crippen LogP contribution in [-0.2, 0) is 12.8 Å². The van der Waals surface area contributed by atoms with Crippen molar-refractivity contribution in [3.05, 3.63) is 157 Å². The Morgan fingerprint density at radius 1 is 0.426 bits per heavy atom. The van der Waals surface area contributed by atoms with Gasteiger partial charge in [0.2, 0.25) is 0 Å². The molecule has 0 atom stereocenters. The zero-order valence-corrected chi connectivity index (χ0v) is 26.6. The fraction of sp³-hybridized carbons (Fsp3) is 0.0930. The molecule has 4 nitrogen and oxygen atoms in total. The molecule has 0 aliphatic heterocycles. The van der Waals surface area contributed by atoms with E-state index in [4.69, 9.17) is 15.0 Å². The van der Waals surface area contributed by atoms with Crippen molar-refractivity contribution in [3.63, 3.8) is 0 Å². The average Bonchev–Trinajstić information content (AvgIpc) is 3.48. The van der Waals surface area contributed by atoms with E-state index in [1.165, 1.54) is 44.1 Å². The van der Waals surface area contributed by atoms with E-state index in [9.17, 15) is 0 Å². The van der Waals surface area contributed by atoms with Gasteiger partial charge in [0.05, 0.1) is 11.0 Å². The van der Waals surface area contributed by atoms with Crippen molar-refractivity contribution in [1.29, 1.82) is 0 Å². The predicted molar refractivity (Wildman–Crippen MR) is 195 cm³/mol. The minimum atomic E-state index is 0.646. The van der Waals surface area contributed by atoms with Crippen molar-refractivity contribution in [2.24, 2.45) is 0 Å². The number of fused-ring (bicyclic) bond motifs is 3. The standard InChI is InChI=1S/C43H34N4/c1-3-29-16-11-12-23-35(29)37-28-38-36-24-13-14-25-39(36)47(40(38)27-30(37)4-2)34-22-15-21-33(26-34)43-45-41(31-17-7-5-8-18-31)44-42(46-43)32-19-9-6-10-20-32/h5-28H,3-4H2,1-2H3. The lowest BCUT2D eigenvalue weighted by molar-refractivity contribution is 1.07. The minimum Gasteiger partial charge on any atom is -0.309 e. The first-order valence-corrected chi connectivity index (χ1v) is 16.3. The summed E-state index contributed by atoms with van der Waals surface area (Å²) >= 11 is 0. The van der Waals surface area contributed by atoms with Crippen molar-refractivity contribution < 1.29 is 0 Å². The highest BCUT2D eigenvalue weighted by Gasteiger charge is 2.18. The second-order valence-corrected chi connectivity index (χ2v) is 11.8. The third-order valence-electron chi connectivity index (χ3n) is 9.03. The van der Waals surface area contributed by atoms with Crippen molar-refractivity contribution >= 4 is 21.8 Å². The number of benzene rings is 6. The van der Waals surface area contributed by atoms with Gasteiger partial charge in [0.15, 0.2) is 17.5 Å². The highest BCUT2D eigenvalue weighted by molar-refractivity contribution is 6.11. The molecule has 0 aliphatic rings. The van der Waals surface area contributed by atoms with E-state index >= 15 is 0 Å². The zero-order valence-electron chi connectivity index (χ0n) is 26.6. The molecule has 0 bridgehead atoms. The number of rotatable bonds is 7. The van der Waals surface area contributed by atoms with Gasteiger partial charge in [-0.2, -0.15) is 0 Å². The summed E-state index contributed by atoms with van der Waals surface area (Å²) in [5, 5.41) is 2.49. The Balaban J connectivity index is 1.33. The molecule has 0 aliphatic carbocycles. The molecule has 0 N–H and O–H groups in total. The largest absolute Gasteiger partial charge is 0.309 e. The Labute approximate surface area is 275 Å². The Morgan fingerprint density at radius 3 is 1.68 bits per heavy atom. The first-order chi connectivity index (χ1) is 23.2. The van der Waals surface area contributed by atoms with Gasteiger partial charge in [-0.3, -0.25) is 0 Å². The molecular weight excluding hydrogens is 573 g/mol. The molecule has 8 rings (SSSR count). The molecule has 0 radical (unpaired) electrons. The van der Waals surface area contributed by atoms with E-state index < -0.39 is 0 Å². The van der Waals surface area contributed by atoms with Gasteiger partial charge in [0.25, 0.3) is 0 Å². The summed E-state index contributed by atoms with van der Waals surface area (Å²) in [6.07, 6.45) is 1.95. The van der Waals surface area contributed by atoms with Gasteiger partial charge in [-0.25, -0.2) is 15.0 Å². The van der Waals surface area contributed by atoms with Gasteiger partial charge in [-0.15, -0.1) is 0 Å². The van der Waals surface area contributed by atoms with E-state index in [1.54, 1.807) is 0 Å². The maximum Gasteiger partial charge on any atom is 0.164 e. The van der Waals surface area contributed by atoms with Crippen LogP contribution in [0.15, 0.2) is 146 Å². The maximum absolute atomic E-state index is 5.00. The summed E-state index contributed by atoms with van der Waals surface area (Å²) in [4.78, 5) is 14.9. The predicted octanol–water partition coefficient (Wildman–Crippen LogP) is 10.8. The van der Waals surface area contributed by atoms with Gasteiger partial charge in [-0.05, 0) is 65.4 Å². The maximum atomic E-state index is 5.00. The second-order valence-electron chi connectivity index (χ2n) is 11.8. The molecule has 6 aromatic carbocycles. The average molecular weight is 607 g/mol. The van der Waals surface area contributed by atoms with Crippen LogP contribution in [0.2, 0.25) is 0 Å². The Hall–Kier alpha value is -5.87. The second kappa shape index (κ2) is 12.1. The molecule has 0 saturated carbocycles. The number of para-hydroxylation sites is 1. The normalized spacial score (nSPS) is 11.4. The molecule has 8 aromatic rings. The molecule has 47 heavy (non-hydrogen) atoms. The Morgan fingerprint density at radius 2 is 1.00 bits per heavy atom. The van der Waals surface area contributed by atoms with Crippen molar-refractivity contribution in [1.82, 2.24) is 19.5 Å². The number of hydrogen-bond donors (Lipinski definition) is 0. The van der Waals surface area contributed by atoms with Gasteiger partial charge in [0.1, 0.15) is 0 Å². The summed E-state index contributed by atoms with van der Waals surface area (Å²) in [7, 11) is 0. The molecule has 2 aromatic heterocycles. The third kappa shape index (κ3) is 5.18. The Bertz CT molecular complexity index is 2310. The SMILES string of the molecule is CCc1ccccc1-c1cc2c3ccccc3n(-c3cccc(-c4nc(-c5ccccc5)nc(-c5ccccc5)n4)c3)c2cc1CC. The van der Waals surface area contributed by atoms with E-state index in [1.807, 2.05) is 60.7 Å². The highest BCUT2D eigenvalue weighted by Crippen LogP contribution is 2.39. The monoisotopic (exact) mass is 606 g/mol. The highest BCUT2D eigenvalue weighted by atomic mass is 15.0.